The molecule has 31 heavy (non-hydrogen) atoms. The van der Waals surface area contributed by atoms with Gasteiger partial charge in [-0.1, -0.05) is 0 Å². The van der Waals surface area contributed by atoms with Crippen LogP contribution < -0.4 is 15.4 Å². The fourth-order valence-corrected chi connectivity index (χ4v) is 2.34. The number of alkyl halides is 3. The molecule has 0 radical (unpaired) electrons. The summed E-state index contributed by atoms with van der Waals surface area (Å²) in [6, 6.07) is 5.97. The number of carbonyl (C=O) groups excluding carboxylic acids is 1. The molecule has 2 aromatic heterocycles. The van der Waals surface area contributed by atoms with Crippen LogP contribution in [0.15, 0.2) is 48.8 Å². The van der Waals surface area contributed by atoms with E-state index >= 15 is 0 Å². The molecule has 0 unspecified atom stereocenters. The molecule has 0 aliphatic heterocycles. The molecule has 2 amide bonds. The summed E-state index contributed by atoms with van der Waals surface area (Å²) in [5.74, 6) is -3.07. The average Bonchev–Trinajstić information content (AvgIpc) is 2.70. The van der Waals surface area contributed by atoms with Crippen molar-refractivity contribution in [2.45, 2.75) is 6.18 Å². The number of nitrogens with one attached hydrogen (secondary N) is 2. The van der Waals surface area contributed by atoms with Crippen LogP contribution in [0.1, 0.15) is 11.3 Å². The lowest BCUT2D eigenvalue weighted by atomic mass is 10.2. The fourth-order valence-electron chi connectivity index (χ4n) is 2.34. The number of ether oxygens (including phenoxy) is 1. The van der Waals surface area contributed by atoms with Gasteiger partial charge in [-0.05, 0) is 18.2 Å². The van der Waals surface area contributed by atoms with Crippen molar-refractivity contribution in [3.63, 3.8) is 0 Å². The van der Waals surface area contributed by atoms with Gasteiger partial charge in [0.05, 0.1) is 5.56 Å². The van der Waals surface area contributed by atoms with E-state index in [9.17, 15) is 26.7 Å². The first kappa shape index (κ1) is 21.4. The molecule has 0 saturated heterocycles. The summed E-state index contributed by atoms with van der Waals surface area (Å²) in [7, 11) is 0. The number of nitriles is 1. The second kappa shape index (κ2) is 8.62. The monoisotopic (exact) mass is 435 g/mol. The number of anilines is 2. The predicted molar refractivity (Wildman–Crippen MR) is 97.3 cm³/mol. The Morgan fingerprint density at radius 1 is 0.968 bits per heavy atom. The number of benzene rings is 1. The van der Waals surface area contributed by atoms with Crippen molar-refractivity contribution < 1.29 is 31.5 Å². The van der Waals surface area contributed by atoms with E-state index in [1.165, 1.54) is 18.3 Å². The maximum atomic E-state index is 14.3. The van der Waals surface area contributed by atoms with Crippen LogP contribution in [0.25, 0.3) is 0 Å². The Labute approximate surface area is 171 Å². The molecule has 0 spiro atoms. The number of pyridine rings is 2. The van der Waals surface area contributed by atoms with E-state index in [4.69, 9.17) is 10.00 Å². The highest BCUT2D eigenvalue weighted by atomic mass is 19.4. The van der Waals surface area contributed by atoms with Gasteiger partial charge in [-0.25, -0.2) is 23.5 Å². The van der Waals surface area contributed by atoms with Gasteiger partial charge in [0.1, 0.15) is 34.8 Å². The summed E-state index contributed by atoms with van der Waals surface area (Å²) in [6.07, 6.45) is -2.57. The second-order valence-corrected chi connectivity index (χ2v) is 5.86. The maximum absolute atomic E-state index is 14.3. The summed E-state index contributed by atoms with van der Waals surface area (Å²) < 4.78 is 72.0. The molecule has 3 aromatic rings. The normalized spacial score (nSPS) is 10.8. The molecular formula is C19H10F5N5O2. The summed E-state index contributed by atoms with van der Waals surface area (Å²) in [4.78, 5) is 19.2. The van der Waals surface area contributed by atoms with Crippen molar-refractivity contribution in [3.05, 3.63) is 71.7 Å². The van der Waals surface area contributed by atoms with Crippen LogP contribution in [0, 0.1) is 23.0 Å². The van der Waals surface area contributed by atoms with E-state index in [0.29, 0.717) is 12.1 Å². The van der Waals surface area contributed by atoms with Crippen LogP contribution in [0.3, 0.4) is 0 Å². The minimum atomic E-state index is -4.66. The topological polar surface area (TPSA) is 99.9 Å². The van der Waals surface area contributed by atoms with Crippen LogP contribution in [-0.2, 0) is 6.18 Å². The Morgan fingerprint density at radius 3 is 2.29 bits per heavy atom. The molecule has 0 fully saturated rings. The number of aromatic nitrogens is 2. The van der Waals surface area contributed by atoms with Gasteiger partial charge in [0.2, 0.25) is 0 Å². The zero-order chi connectivity index (χ0) is 22.6. The molecule has 1 aromatic carbocycles. The van der Waals surface area contributed by atoms with Crippen LogP contribution in [-0.4, -0.2) is 16.0 Å². The number of rotatable bonds is 4. The fraction of sp³-hybridized carbons (Fsp3) is 0.0526. The number of urea groups is 1. The summed E-state index contributed by atoms with van der Waals surface area (Å²) in [5, 5.41) is 12.6. The van der Waals surface area contributed by atoms with Crippen molar-refractivity contribution >= 4 is 17.5 Å². The van der Waals surface area contributed by atoms with E-state index in [0.717, 1.165) is 18.3 Å². The van der Waals surface area contributed by atoms with Gasteiger partial charge < -0.3 is 10.1 Å². The number of halogens is 5. The predicted octanol–water partition coefficient (Wildman–Crippen LogP) is 5.08. The average molecular weight is 435 g/mol. The lowest BCUT2D eigenvalue weighted by molar-refractivity contribution is -0.137. The first-order chi connectivity index (χ1) is 14.7. The summed E-state index contributed by atoms with van der Waals surface area (Å²) >= 11 is 0. The quantitative estimate of drug-likeness (QED) is 0.557. The van der Waals surface area contributed by atoms with Gasteiger partial charge in [0, 0.05) is 30.6 Å². The second-order valence-electron chi connectivity index (χ2n) is 5.86. The maximum Gasteiger partial charge on any atom is 0.416 e. The molecule has 0 bridgehead atoms. The minimum Gasteiger partial charge on any atom is -0.457 e. The highest BCUT2D eigenvalue weighted by molar-refractivity contribution is 5.99. The molecule has 2 heterocycles. The number of carbonyl (C=O) groups is 1. The molecule has 12 heteroatoms. The van der Waals surface area contributed by atoms with Gasteiger partial charge in [-0.3, -0.25) is 5.32 Å². The van der Waals surface area contributed by atoms with Crippen molar-refractivity contribution in [3.8, 4) is 17.6 Å². The summed E-state index contributed by atoms with van der Waals surface area (Å²) in [6.45, 7) is 0. The standard InChI is InChI=1S/C19H10F5N5O2/c20-14-7-13(31-12-2-4-26-11(6-12)9-25)8-15(21)17(14)29-18(30)28-16-5-10(1-3-27-16)19(22,23)24/h1-8H,(H2,27,28,29,30). The van der Waals surface area contributed by atoms with E-state index in [1.54, 1.807) is 6.07 Å². The van der Waals surface area contributed by atoms with Crippen LogP contribution in [0.5, 0.6) is 11.5 Å². The highest BCUT2D eigenvalue weighted by Crippen LogP contribution is 2.31. The van der Waals surface area contributed by atoms with Crippen LogP contribution in [0.4, 0.5) is 38.3 Å². The highest BCUT2D eigenvalue weighted by Gasteiger charge is 2.31. The SMILES string of the molecule is N#Cc1cc(Oc2cc(F)c(NC(=O)Nc3cc(C(F)(F)F)ccn3)c(F)c2)ccn1. The van der Waals surface area contributed by atoms with Gasteiger partial charge in [-0.15, -0.1) is 0 Å². The van der Waals surface area contributed by atoms with E-state index < -0.39 is 40.9 Å². The van der Waals surface area contributed by atoms with E-state index in [1.807, 2.05) is 10.6 Å². The van der Waals surface area contributed by atoms with Gasteiger partial charge >= 0.3 is 12.2 Å². The van der Waals surface area contributed by atoms with Crippen molar-refractivity contribution in [1.29, 1.82) is 5.26 Å². The number of hydrogen-bond donors (Lipinski definition) is 2. The molecule has 2 N–H and O–H groups in total. The molecular weight excluding hydrogens is 425 g/mol. The molecule has 0 aliphatic carbocycles. The Bertz CT molecular complexity index is 1150. The van der Waals surface area contributed by atoms with Crippen molar-refractivity contribution in [2.75, 3.05) is 10.6 Å². The molecule has 158 valence electrons. The van der Waals surface area contributed by atoms with E-state index in [2.05, 4.69) is 9.97 Å². The Morgan fingerprint density at radius 2 is 1.65 bits per heavy atom. The number of nitrogens with zero attached hydrogens (tertiary/aromatic N) is 3. The lowest BCUT2D eigenvalue weighted by Crippen LogP contribution is -2.22. The zero-order valence-corrected chi connectivity index (χ0v) is 15.2. The van der Waals surface area contributed by atoms with Crippen LogP contribution in [0.2, 0.25) is 0 Å². The first-order valence-electron chi connectivity index (χ1n) is 8.30. The third-order valence-corrected chi connectivity index (χ3v) is 3.66. The lowest BCUT2D eigenvalue weighted by Gasteiger charge is -2.12. The van der Waals surface area contributed by atoms with E-state index in [-0.39, 0.29) is 17.2 Å². The van der Waals surface area contributed by atoms with Crippen molar-refractivity contribution in [2.24, 2.45) is 0 Å². The van der Waals surface area contributed by atoms with Gasteiger partial charge in [0.15, 0.2) is 11.6 Å². The summed E-state index contributed by atoms with van der Waals surface area (Å²) in [5.41, 5.74) is -1.90. The Balaban J connectivity index is 1.73. The number of hydrogen-bond acceptors (Lipinski definition) is 5. The molecule has 3 rings (SSSR count). The molecule has 0 atom stereocenters. The Kier molecular flexibility index (Phi) is 5.96. The zero-order valence-electron chi connectivity index (χ0n) is 15.2. The third kappa shape index (κ3) is 5.41. The third-order valence-electron chi connectivity index (χ3n) is 3.66. The Hall–Kier alpha value is -4.27. The smallest absolute Gasteiger partial charge is 0.416 e. The molecule has 0 aliphatic rings. The van der Waals surface area contributed by atoms with Gasteiger partial charge in [0.25, 0.3) is 0 Å². The largest absolute Gasteiger partial charge is 0.457 e. The minimum absolute atomic E-state index is 0.0246. The molecule has 0 saturated carbocycles. The molecule has 7 nitrogen and oxygen atoms in total. The first-order valence-corrected chi connectivity index (χ1v) is 8.30. The van der Waals surface area contributed by atoms with Crippen molar-refractivity contribution in [1.82, 2.24) is 9.97 Å². The van der Waals surface area contributed by atoms with Gasteiger partial charge in [-0.2, -0.15) is 18.4 Å². The van der Waals surface area contributed by atoms with Crippen LogP contribution >= 0.6 is 0 Å². The number of amides is 2.